The highest BCUT2D eigenvalue weighted by Gasteiger charge is 2.20. The van der Waals surface area contributed by atoms with E-state index in [2.05, 4.69) is 181 Å². The first kappa shape index (κ1) is 25.1. The van der Waals surface area contributed by atoms with Gasteiger partial charge in [0.2, 0.25) is 0 Å². The average Bonchev–Trinajstić information content (AvgIpc) is 3.08. The van der Waals surface area contributed by atoms with Gasteiger partial charge in [0.25, 0.3) is 0 Å². The Hall–Kier alpha value is -5.66. The Kier molecular flexibility index (Phi) is 6.20. The summed E-state index contributed by atoms with van der Waals surface area (Å²) in [5.74, 6) is 0. The molecule has 0 aromatic heterocycles. The van der Waals surface area contributed by atoms with Crippen molar-refractivity contribution in [3.8, 4) is 22.3 Å². The molecule has 0 heterocycles. The van der Waals surface area contributed by atoms with E-state index in [9.17, 15) is 0 Å². The van der Waals surface area contributed by atoms with E-state index in [0.29, 0.717) is 0 Å². The van der Waals surface area contributed by atoms with E-state index in [1.165, 1.54) is 54.6 Å². The van der Waals surface area contributed by atoms with Gasteiger partial charge in [0.1, 0.15) is 0 Å². The lowest BCUT2D eigenvalue weighted by Crippen LogP contribution is -2.10. The molecule has 0 fully saturated rings. The largest absolute Gasteiger partial charge is 0.310 e. The van der Waals surface area contributed by atoms with Crippen molar-refractivity contribution in [1.82, 2.24) is 0 Å². The fraction of sp³-hybridized carbons (Fsp3) is 0. The predicted octanol–water partition coefficient (Wildman–Crippen LogP) is 11.9. The molecule has 43 heavy (non-hydrogen) atoms. The molecule has 1 nitrogen and oxygen atoms in total. The van der Waals surface area contributed by atoms with Crippen LogP contribution in [0.1, 0.15) is 0 Å². The van der Waals surface area contributed by atoms with Crippen LogP contribution in [0, 0.1) is 0 Å². The molecule has 0 saturated carbocycles. The summed E-state index contributed by atoms with van der Waals surface area (Å²) in [7, 11) is 0. The first-order valence-corrected chi connectivity index (χ1v) is 14.8. The van der Waals surface area contributed by atoms with Gasteiger partial charge in [-0.3, -0.25) is 0 Å². The summed E-state index contributed by atoms with van der Waals surface area (Å²) in [5.41, 5.74) is 8.40. The molecule has 202 valence electrons. The van der Waals surface area contributed by atoms with Gasteiger partial charge < -0.3 is 4.90 Å². The van der Waals surface area contributed by atoms with Gasteiger partial charge in [-0.05, 0) is 79.5 Å². The molecule has 0 aliphatic heterocycles. The van der Waals surface area contributed by atoms with Gasteiger partial charge in [-0.2, -0.15) is 0 Å². The van der Waals surface area contributed by atoms with Crippen molar-refractivity contribution >= 4 is 49.4 Å². The van der Waals surface area contributed by atoms with Gasteiger partial charge in [0, 0.05) is 16.8 Å². The summed E-state index contributed by atoms with van der Waals surface area (Å²) in [6.07, 6.45) is 0. The third kappa shape index (κ3) is 4.34. The van der Waals surface area contributed by atoms with E-state index < -0.39 is 0 Å². The highest BCUT2D eigenvalue weighted by molar-refractivity contribution is 6.22. The second-order valence-electron chi connectivity index (χ2n) is 10.9. The summed E-state index contributed by atoms with van der Waals surface area (Å²) in [4.78, 5) is 2.40. The Morgan fingerprint density at radius 2 is 0.791 bits per heavy atom. The highest BCUT2D eigenvalue weighted by atomic mass is 15.1. The molecule has 0 atom stereocenters. The zero-order valence-electron chi connectivity index (χ0n) is 23.7. The second-order valence-corrected chi connectivity index (χ2v) is 10.9. The summed E-state index contributed by atoms with van der Waals surface area (Å²) < 4.78 is 0. The Balaban J connectivity index is 1.49. The zero-order valence-corrected chi connectivity index (χ0v) is 23.7. The van der Waals surface area contributed by atoms with Crippen molar-refractivity contribution in [1.29, 1.82) is 0 Å². The van der Waals surface area contributed by atoms with Crippen molar-refractivity contribution in [2.75, 3.05) is 4.90 Å². The maximum absolute atomic E-state index is 2.40. The van der Waals surface area contributed by atoms with Crippen LogP contribution in [0.25, 0.3) is 54.6 Å². The van der Waals surface area contributed by atoms with Crippen molar-refractivity contribution < 1.29 is 0 Å². The van der Waals surface area contributed by atoms with Gasteiger partial charge >= 0.3 is 0 Å². The van der Waals surface area contributed by atoms with Crippen molar-refractivity contribution in [2.24, 2.45) is 0 Å². The van der Waals surface area contributed by atoms with Crippen molar-refractivity contribution in [3.05, 3.63) is 176 Å². The zero-order chi connectivity index (χ0) is 28.6. The minimum atomic E-state index is 1.13. The molecule has 0 amide bonds. The summed E-state index contributed by atoms with van der Waals surface area (Å²) in [6, 6.07) is 63.4. The summed E-state index contributed by atoms with van der Waals surface area (Å²) >= 11 is 0. The molecule has 0 unspecified atom stereocenters. The van der Waals surface area contributed by atoms with Crippen LogP contribution >= 0.6 is 0 Å². The van der Waals surface area contributed by atoms with E-state index in [0.717, 1.165) is 17.1 Å². The molecule has 0 spiro atoms. The number of anilines is 3. The minimum Gasteiger partial charge on any atom is -0.310 e. The van der Waals surface area contributed by atoms with E-state index in [4.69, 9.17) is 0 Å². The van der Waals surface area contributed by atoms with Crippen molar-refractivity contribution in [2.45, 2.75) is 0 Å². The van der Waals surface area contributed by atoms with E-state index in [1.54, 1.807) is 0 Å². The fourth-order valence-corrected chi connectivity index (χ4v) is 6.54. The maximum atomic E-state index is 2.40. The number of hydrogen-bond acceptors (Lipinski definition) is 1. The smallest absolute Gasteiger partial charge is 0.0540 e. The standard InChI is InChI=1S/C42H29N/c1-4-16-31(17-5-1)41-36-24-12-13-25-37(36)42(32-18-6-2-7-19-32)39-29-34(27-28-38(39)41)43(33-21-8-3-9-22-33)40-26-14-20-30-15-10-11-23-35(30)40/h1-29H. The van der Waals surface area contributed by atoms with Crippen LogP contribution in [0.3, 0.4) is 0 Å². The van der Waals surface area contributed by atoms with Crippen LogP contribution in [0.2, 0.25) is 0 Å². The molecule has 0 saturated heterocycles. The lowest BCUT2D eigenvalue weighted by atomic mass is 9.85. The number of hydrogen-bond donors (Lipinski definition) is 0. The van der Waals surface area contributed by atoms with Gasteiger partial charge in [0.15, 0.2) is 0 Å². The topological polar surface area (TPSA) is 3.24 Å². The van der Waals surface area contributed by atoms with Gasteiger partial charge in [-0.25, -0.2) is 0 Å². The molecule has 8 rings (SSSR count). The van der Waals surface area contributed by atoms with E-state index >= 15 is 0 Å². The van der Waals surface area contributed by atoms with Gasteiger partial charge in [-0.1, -0.05) is 146 Å². The van der Waals surface area contributed by atoms with Crippen LogP contribution in [0.5, 0.6) is 0 Å². The number of para-hydroxylation sites is 1. The molecule has 0 aliphatic carbocycles. The molecule has 8 aromatic rings. The van der Waals surface area contributed by atoms with Crippen LogP contribution in [-0.2, 0) is 0 Å². The third-order valence-electron chi connectivity index (χ3n) is 8.41. The summed E-state index contributed by atoms with van der Waals surface area (Å²) in [6.45, 7) is 0. The van der Waals surface area contributed by atoms with Crippen LogP contribution < -0.4 is 4.90 Å². The van der Waals surface area contributed by atoms with Crippen LogP contribution in [-0.4, -0.2) is 0 Å². The Morgan fingerprint density at radius 1 is 0.302 bits per heavy atom. The van der Waals surface area contributed by atoms with E-state index in [-0.39, 0.29) is 0 Å². The molecule has 0 aliphatic rings. The maximum Gasteiger partial charge on any atom is 0.0540 e. The molecule has 1 heteroatoms. The highest BCUT2D eigenvalue weighted by Crippen LogP contribution is 2.46. The molecule has 0 N–H and O–H groups in total. The number of fused-ring (bicyclic) bond motifs is 3. The average molecular weight is 548 g/mol. The molecular weight excluding hydrogens is 518 g/mol. The SMILES string of the molecule is c1ccc(-c2c3ccccc3c(-c3ccccc3)c3cc(N(c4ccccc4)c4cccc5ccccc45)ccc23)cc1. The number of rotatable bonds is 5. The van der Waals surface area contributed by atoms with E-state index in [1.807, 2.05) is 0 Å². The molecule has 8 aromatic carbocycles. The molecular formula is C42H29N. The van der Waals surface area contributed by atoms with Gasteiger partial charge in [0.05, 0.1) is 5.69 Å². The fourth-order valence-electron chi connectivity index (χ4n) is 6.54. The van der Waals surface area contributed by atoms with Crippen LogP contribution in [0.4, 0.5) is 17.1 Å². The summed E-state index contributed by atoms with van der Waals surface area (Å²) in [5, 5.41) is 7.46. The minimum absolute atomic E-state index is 1.13. The molecule has 0 radical (unpaired) electrons. The lowest BCUT2D eigenvalue weighted by Gasteiger charge is -2.28. The second kappa shape index (κ2) is 10.6. The normalized spacial score (nSPS) is 11.3. The first-order valence-electron chi connectivity index (χ1n) is 14.8. The monoisotopic (exact) mass is 547 g/mol. The Bertz CT molecular complexity index is 2210. The van der Waals surface area contributed by atoms with Crippen LogP contribution in [0.15, 0.2) is 176 Å². The Morgan fingerprint density at radius 3 is 1.44 bits per heavy atom. The first-order chi connectivity index (χ1) is 21.4. The molecule has 0 bridgehead atoms. The lowest BCUT2D eigenvalue weighted by molar-refractivity contribution is 1.30. The Labute approximate surface area is 251 Å². The third-order valence-corrected chi connectivity index (χ3v) is 8.41. The van der Waals surface area contributed by atoms with Crippen molar-refractivity contribution in [3.63, 3.8) is 0 Å². The number of benzene rings is 8. The quantitative estimate of drug-likeness (QED) is 0.194. The predicted molar refractivity (Wildman–Crippen MR) is 185 cm³/mol. The van der Waals surface area contributed by atoms with Gasteiger partial charge in [-0.15, -0.1) is 0 Å². The number of nitrogens with zero attached hydrogens (tertiary/aromatic N) is 1.